The number of amides is 1. The molecular weight excluding hydrogens is 291 g/mol. The molecule has 1 aromatic rings. The van der Waals surface area contributed by atoms with Crippen LogP contribution in [0.1, 0.15) is 6.42 Å². The summed E-state index contributed by atoms with van der Waals surface area (Å²) >= 11 is 9.28. The lowest BCUT2D eigenvalue weighted by atomic mass is 10.1. The van der Waals surface area contributed by atoms with Crippen molar-refractivity contribution in [2.75, 3.05) is 18.0 Å². The molecule has 0 aromatic heterocycles. The van der Waals surface area contributed by atoms with E-state index in [0.717, 1.165) is 10.2 Å². The number of nitrogens with two attached hydrogens (primary N) is 1. The fraction of sp³-hybridized carbons (Fsp3) is 0.364. The molecule has 1 aliphatic rings. The fourth-order valence-electron chi connectivity index (χ4n) is 1.87. The van der Waals surface area contributed by atoms with Gasteiger partial charge in [0, 0.05) is 22.5 Å². The number of benzene rings is 1. The van der Waals surface area contributed by atoms with E-state index in [-0.39, 0.29) is 11.8 Å². The van der Waals surface area contributed by atoms with Crippen molar-refractivity contribution >= 4 is 39.1 Å². The Kier molecular flexibility index (Phi) is 3.52. The van der Waals surface area contributed by atoms with Gasteiger partial charge in [0.1, 0.15) is 0 Å². The number of rotatable bonds is 2. The molecule has 1 amide bonds. The molecule has 0 aliphatic carbocycles. The zero-order valence-corrected chi connectivity index (χ0v) is 11.0. The lowest BCUT2D eigenvalue weighted by Crippen LogP contribution is -2.26. The second kappa shape index (κ2) is 4.73. The van der Waals surface area contributed by atoms with Gasteiger partial charge in [-0.15, -0.1) is 0 Å². The quantitative estimate of drug-likeness (QED) is 0.912. The number of halogens is 2. The molecule has 0 radical (unpaired) electrons. The standard InChI is InChI=1S/C11H12BrClN2O/c12-9-4-8(13)1-2-10(9)15-6-7(5-14)3-11(15)16/h1-2,4,7H,3,5-6,14H2. The van der Waals surface area contributed by atoms with E-state index in [0.29, 0.717) is 24.5 Å². The minimum Gasteiger partial charge on any atom is -0.330 e. The number of hydrogen-bond donors (Lipinski definition) is 1. The van der Waals surface area contributed by atoms with Crippen LogP contribution in [-0.4, -0.2) is 19.0 Å². The van der Waals surface area contributed by atoms with E-state index in [9.17, 15) is 4.79 Å². The van der Waals surface area contributed by atoms with Crippen molar-refractivity contribution in [2.45, 2.75) is 6.42 Å². The van der Waals surface area contributed by atoms with Crippen LogP contribution in [0.25, 0.3) is 0 Å². The third-order valence-electron chi connectivity index (χ3n) is 2.74. The van der Waals surface area contributed by atoms with Crippen molar-refractivity contribution in [3.8, 4) is 0 Å². The van der Waals surface area contributed by atoms with Gasteiger partial charge in [0.15, 0.2) is 0 Å². The van der Waals surface area contributed by atoms with Crippen LogP contribution in [0.15, 0.2) is 22.7 Å². The third-order valence-corrected chi connectivity index (χ3v) is 3.61. The number of carbonyl (C=O) groups excluding carboxylic acids is 1. The highest BCUT2D eigenvalue weighted by molar-refractivity contribution is 9.10. The molecule has 1 aliphatic heterocycles. The molecule has 0 saturated carbocycles. The van der Waals surface area contributed by atoms with Gasteiger partial charge in [-0.2, -0.15) is 0 Å². The molecule has 3 nitrogen and oxygen atoms in total. The summed E-state index contributed by atoms with van der Waals surface area (Å²) in [5.41, 5.74) is 6.45. The summed E-state index contributed by atoms with van der Waals surface area (Å²) in [4.78, 5) is 13.6. The minimum absolute atomic E-state index is 0.124. The summed E-state index contributed by atoms with van der Waals surface area (Å²) < 4.78 is 0.839. The monoisotopic (exact) mass is 302 g/mol. The van der Waals surface area contributed by atoms with Gasteiger partial charge in [0.25, 0.3) is 0 Å². The molecule has 1 atom stereocenters. The third kappa shape index (κ3) is 2.24. The number of hydrogen-bond acceptors (Lipinski definition) is 2. The molecule has 1 heterocycles. The Bertz CT molecular complexity index is 424. The first kappa shape index (κ1) is 11.9. The number of carbonyl (C=O) groups is 1. The Balaban J connectivity index is 2.28. The average molecular weight is 304 g/mol. The number of anilines is 1. The van der Waals surface area contributed by atoms with Crippen LogP contribution >= 0.6 is 27.5 Å². The van der Waals surface area contributed by atoms with Gasteiger partial charge >= 0.3 is 0 Å². The first-order valence-electron chi connectivity index (χ1n) is 5.07. The van der Waals surface area contributed by atoms with Crippen LogP contribution in [-0.2, 0) is 4.79 Å². The predicted octanol–water partition coefficient (Wildman–Crippen LogP) is 2.41. The van der Waals surface area contributed by atoms with E-state index in [1.807, 2.05) is 6.07 Å². The van der Waals surface area contributed by atoms with Crippen molar-refractivity contribution in [2.24, 2.45) is 11.7 Å². The van der Waals surface area contributed by atoms with Crippen LogP contribution in [0, 0.1) is 5.92 Å². The van der Waals surface area contributed by atoms with Crippen molar-refractivity contribution in [3.05, 3.63) is 27.7 Å². The summed E-state index contributed by atoms with van der Waals surface area (Å²) in [6.45, 7) is 1.24. The van der Waals surface area contributed by atoms with E-state index in [1.54, 1.807) is 17.0 Å². The zero-order chi connectivity index (χ0) is 11.7. The van der Waals surface area contributed by atoms with Gasteiger partial charge in [-0.1, -0.05) is 11.6 Å². The van der Waals surface area contributed by atoms with E-state index in [2.05, 4.69) is 15.9 Å². The van der Waals surface area contributed by atoms with Crippen LogP contribution in [0.4, 0.5) is 5.69 Å². The largest absolute Gasteiger partial charge is 0.330 e. The summed E-state index contributed by atoms with van der Waals surface area (Å²) in [6, 6.07) is 5.42. The molecule has 86 valence electrons. The second-order valence-electron chi connectivity index (χ2n) is 3.91. The molecule has 16 heavy (non-hydrogen) atoms. The second-order valence-corrected chi connectivity index (χ2v) is 5.20. The van der Waals surface area contributed by atoms with E-state index in [4.69, 9.17) is 17.3 Å². The van der Waals surface area contributed by atoms with Gasteiger partial charge in [-0.25, -0.2) is 0 Å². The number of nitrogens with zero attached hydrogens (tertiary/aromatic N) is 1. The molecule has 0 bridgehead atoms. The fourth-order valence-corrected chi connectivity index (χ4v) is 2.77. The molecule has 1 aromatic carbocycles. The molecule has 0 spiro atoms. The molecule has 2 N–H and O–H groups in total. The lowest BCUT2D eigenvalue weighted by Gasteiger charge is -2.18. The first-order chi connectivity index (χ1) is 7.61. The topological polar surface area (TPSA) is 46.3 Å². The van der Waals surface area contributed by atoms with Gasteiger partial charge in [0.05, 0.1) is 5.69 Å². The van der Waals surface area contributed by atoms with Gasteiger partial charge < -0.3 is 10.6 Å². The molecule has 1 unspecified atom stereocenters. The van der Waals surface area contributed by atoms with Crippen LogP contribution < -0.4 is 10.6 Å². The maximum atomic E-state index is 11.8. The lowest BCUT2D eigenvalue weighted by molar-refractivity contribution is -0.117. The van der Waals surface area contributed by atoms with Crippen LogP contribution in [0.3, 0.4) is 0 Å². The van der Waals surface area contributed by atoms with Gasteiger partial charge in [-0.3, -0.25) is 4.79 Å². The summed E-state index contributed by atoms with van der Waals surface area (Å²) in [6.07, 6.45) is 0.533. The predicted molar refractivity (Wildman–Crippen MR) is 68.7 cm³/mol. The first-order valence-corrected chi connectivity index (χ1v) is 6.24. The maximum absolute atomic E-state index is 11.8. The molecule has 5 heteroatoms. The summed E-state index contributed by atoms with van der Waals surface area (Å²) in [5.74, 6) is 0.383. The Morgan fingerprint density at radius 2 is 2.31 bits per heavy atom. The normalized spacial score (nSPS) is 20.6. The van der Waals surface area contributed by atoms with Crippen molar-refractivity contribution < 1.29 is 4.79 Å². The minimum atomic E-state index is 0.124. The van der Waals surface area contributed by atoms with Crippen molar-refractivity contribution in [1.82, 2.24) is 0 Å². The van der Waals surface area contributed by atoms with Crippen molar-refractivity contribution in [3.63, 3.8) is 0 Å². The van der Waals surface area contributed by atoms with Gasteiger partial charge in [0.2, 0.25) is 5.91 Å². The Morgan fingerprint density at radius 1 is 1.56 bits per heavy atom. The van der Waals surface area contributed by atoms with Gasteiger partial charge in [-0.05, 0) is 46.6 Å². The highest BCUT2D eigenvalue weighted by atomic mass is 79.9. The SMILES string of the molecule is NCC1CC(=O)N(c2ccc(Cl)cc2Br)C1. The summed E-state index contributed by atoms with van der Waals surface area (Å²) in [7, 11) is 0. The van der Waals surface area contributed by atoms with Crippen molar-refractivity contribution in [1.29, 1.82) is 0 Å². The summed E-state index contributed by atoms with van der Waals surface area (Å²) in [5, 5.41) is 0.651. The highest BCUT2D eigenvalue weighted by Gasteiger charge is 2.30. The van der Waals surface area contributed by atoms with Crippen LogP contribution in [0.5, 0.6) is 0 Å². The maximum Gasteiger partial charge on any atom is 0.227 e. The van der Waals surface area contributed by atoms with E-state index in [1.165, 1.54) is 0 Å². The van der Waals surface area contributed by atoms with E-state index >= 15 is 0 Å². The average Bonchev–Trinajstić information content (AvgIpc) is 2.60. The molecule has 1 saturated heterocycles. The van der Waals surface area contributed by atoms with E-state index < -0.39 is 0 Å². The smallest absolute Gasteiger partial charge is 0.227 e. The molecular formula is C11H12BrClN2O. The zero-order valence-electron chi connectivity index (χ0n) is 8.62. The van der Waals surface area contributed by atoms with Crippen LogP contribution in [0.2, 0.25) is 5.02 Å². The molecule has 1 fully saturated rings. The Labute approximate surface area is 108 Å². The molecule has 2 rings (SSSR count). The highest BCUT2D eigenvalue weighted by Crippen LogP contribution is 2.33. The Hall–Kier alpha value is -0.580. The Morgan fingerprint density at radius 3 is 2.88 bits per heavy atom.